The molecule has 5 nitrogen and oxygen atoms in total. The third-order valence-electron chi connectivity index (χ3n) is 3.03. The molecular formula is C13H10ClN3O2. The highest BCUT2D eigenvalue weighted by atomic mass is 35.5. The number of fused-ring (bicyclic) bond motifs is 1. The summed E-state index contributed by atoms with van der Waals surface area (Å²) >= 11 is 6.22. The first-order valence-corrected chi connectivity index (χ1v) is 6.01. The molecule has 2 heterocycles. The monoisotopic (exact) mass is 275 g/mol. The van der Waals surface area contributed by atoms with Crippen molar-refractivity contribution in [3.05, 3.63) is 40.7 Å². The van der Waals surface area contributed by atoms with Gasteiger partial charge in [-0.3, -0.25) is 5.10 Å². The van der Waals surface area contributed by atoms with Crippen LogP contribution in [0.15, 0.2) is 24.3 Å². The van der Waals surface area contributed by atoms with Crippen molar-refractivity contribution < 1.29 is 9.90 Å². The van der Waals surface area contributed by atoms with Gasteiger partial charge in [-0.05, 0) is 25.1 Å². The number of halogens is 1. The summed E-state index contributed by atoms with van der Waals surface area (Å²) in [6.07, 6.45) is 0. The van der Waals surface area contributed by atoms with Crippen molar-refractivity contribution >= 4 is 28.5 Å². The Hall–Kier alpha value is -2.27. The van der Waals surface area contributed by atoms with E-state index in [4.69, 9.17) is 16.7 Å². The number of carbonyl (C=O) groups is 1. The van der Waals surface area contributed by atoms with Crippen LogP contribution in [0.5, 0.6) is 0 Å². The second kappa shape index (κ2) is 4.13. The number of hydrogen-bond donors (Lipinski definition) is 3. The van der Waals surface area contributed by atoms with Gasteiger partial charge in [-0.15, -0.1) is 0 Å². The molecule has 96 valence electrons. The third-order valence-corrected chi connectivity index (χ3v) is 3.34. The lowest BCUT2D eigenvalue weighted by molar-refractivity contribution is 0.0690. The predicted molar refractivity (Wildman–Crippen MR) is 72.6 cm³/mol. The molecule has 3 aromatic rings. The van der Waals surface area contributed by atoms with Crippen LogP contribution < -0.4 is 0 Å². The van der Waals surface area contributed by atoms with Gasteiger partial charge in [-0.2, -0.15) is 5.10 Å². The van der Waals surface area contributed by atoms with Gasteiger partial charge in [-0.25, -0.2) is 4.79 Å². The number of H-pyrrole nitrogens is 2. The Morgan fingerprint density at radius 1 is 1.42 bits per heavy atom. The number of nitrogens with zero attached hydrogens (tertiary/aromatic N) is 1. The molecule has 2 aromatic heterocycles. The van der Waals surface area contributed by atoms with Gasteiger partial charge in [0, 0.05) is 22.2 Å². The number of nitrogens with one attached hydrogen (secondary N) is 2. The number of aromatic nitrogens is 3. The average molecular weight is 276 g/mol. The van der Waals surface area contributed by atoms with Gasteiger partial charge in [0.1, 0.15) is 5.69 Å². The summed E-state index contributed by atoms with van der Waals surface area (Å²) in [6, 6.07) is 7.08. The summed E-state index contributed by atoms with van der Waals surface area (Å²) in [4.78, 5) is 14.1. The van der Waals surface area contributed by atoms with E-state index in [0.29, 0.717) is 10.7 Å². The Kier molecular flexibility index (Phi) is 2.57. The first-order valence-electron chi connectivity index (χ1n) is 5.64. The molecule has 19 heavy (non-hydrogen) atoms. The van der Waals surface area contributed by atoms with Gasteiger partial charge in [0.25, 0.3) is 0 Å². The van der Waals surface area contributed by atoms with Crippen LogP contribution in [0.3, 0.4) is 0 Å². The van der Waals surface area contributed by atoms with Crippen LogP contribution in [0.1, 0.15) is 16.2 Å². The molecule has 0 saturated heterocycles. The number of aromatic carboxylic acids is 1. The summed E-state index contributed by atoms with van der Waals surface area (Å²) in [5, 5.41) is 16.9. The van der Waals surface area contributed by atoms with E-state index < -0.39 is 5.97 Å². The molecule has 0 radical (unpaired) electrons. The second-order valence-corrected chi connectivity index (χ2v) is 4.67. The molecule has 3 rings (SSSR count). The Balaban J connectivity index is 2.29. The van der Waals surface area contributed by atoms with Crippen LogP contribution >= 0.6 is 11.6 Å². The topological polar surface area (TPSA) is 81.8 Å². The second-order valence-electron chi connectivity index (χ2n) is 4.26. The molecule has 0 amide bonds. The highest BCUT2D eigenvalue weighted by molar-refractivity contribution is 6.36. The number of benzene rings is 1. The fraction of sp³-hybridized carbons (Fsp3) is 0.0769. The van der Waals surface area contributed by atoms with Gasteiger partial charge in [0.2, 0.25) is 0 Å². The van der Waals surface area contributed by atoms with Crippen LogP contribution in [-0.4, -0.2) is 26.3 Å². The van der Waals surface area contributed by atoms with Gasteiger partial charge in [0.05, 0.1) is 10.7 Å². The lowest BCUT2D eigenvalue weighted by atomic mass is 10.1. The first-order chi connectivity index (χ1) is 9.08. The Bertz CT molecular complexity index is 788. The van der Waals surface area contributed by atoms with Crippen LogP contribution in [0.4, 0.5) is 0 Å². The van der Waals surface area contributed by atoms with E-state index >= 15 is 0 Å². The highest BCUT2D eigenvalue weighted by Gasteiger charge is 2.17. The zero-order chi connectivity index (χ0) is 13.6. The smallest absolute Gasteiger partial charge is 0.353 e. The Labute approximate surface area is 113 Å². The summed E-state index contributed by atoms with van der Waals surface area (Å²) in [7, 11) is 0. The molecule has 0 saturated carbocycles. The third kappa shape index (κ3) is 1.79. The van der Waals surface area contributed by atoms with Crippen molar-refractivity contribution in [1.29, 1.82) is 0 Å². The average Bonchev–Trinajstić information content (AvgIpc) is 2.93. The minimum absolute atomic E-state index is 0.0517. The zero-order valence-electron chi connectivity index (χ0n) is 9.99. The molecule has 0 unspecified atom stereocenters. The molecule has 6 heteroatoms. The van der Waals surface area contributed by atoms with E-state index in [1.54, 1.807) is 6.07 Å². The highest BCUT2D eigenvalue weighted by Crippen LogP contribution is 2.35. The van der Waals surface area contributed by atoms with E-state index in [2.05, 4.69) is 15.2 Å². The molecule has 0 fully saturated rings. The number of carboxylic acid groups (broad SMARTS) is 1. The summed E-state index contributed by atoms with van der Waals surface area (Å²) in [5.74, 6) is -1.04. The maximum atomic E-state index is 10.9. The van der Waals surface area contributed by atoms with Crippen LogP contribution in [0.2, 0.25) is 5.02 Å². The molecular weight excluding hydrogens is 266 g/mol. The largest absolute Gasteiger partial charge is 0.477 e. The fourth-order valence-electron chi connectivity index (χ4n) is 2.21. The quantitative estimate of drug-likeness (QED) is 0.671. The SMILES string of the molecule is Cc1[nH]c2cccc(Cl)c2c1-c1cc(C(=O)O)[nH]n1. The number of hydrogen-bond acceptors (Lipinski definition) is 2. The maximum absolute atomic E-state index is 10.9. The number of rotatable bonds is 2. The number of carboxylic acids is 1. The van der Waals surface area contributed by atoms with E-state index in [1.165, 1.54) is 6.07 Å². The minimum Gasteiger partial charge on any atom is -0.477 e. The number of aryl methyl sites for hydroxylation is 1. The van der Waals surface area contributed by atoms with Crippen LogP contribution in [0.25, 0.3) is 22.2 Å². The number of aromatic amines is 2. The van der Waals surface area contributed by atoms with Gasteiger partial charge in [-0.1, -0.05) is 17.7 Å². The molecule has 0 aliphatic heterocycles. The Morgan fingerprint density at radius 3 is 2.89 bits per heavy atom. The summed E-state index contributed by atoms with van der Waals surface area (Å²) in [5.41, 5.74) is 3.24. The van der Waals surface area contributed by atoms with Gasteiger partial charge >= 0.3 is 5.97 Å². The fourth-order valence-corrected chi connectivity index (χ4v) is 2.48. The molecule has 0 aliphatic carbocycles. The van der Waals surface area contributed by atoms with Crippen molar-refractivity contribution in [2.75, 3.05) is 0 Å². The lowest BCUT2D eigenvalue weighted by Crippen LogP contribution is -1.95. The van der Waals surface area contributed by atoms with E-state index in [1.807, 2.05) is 19.1 Å². The molecule has 0 atom stereocenters. The predicted octanol–water partition coefficient (Wildman–Crippen LogP) is 3.22. The zero-order valence-corrected chi connectivity index (χ0v) is 10.7. The summed E-state index contributed by atoms with van der Waals surface area (Å²) in [6.45, 7) is 1.90. The standard InChI is InChI=1S/C13H10ClN3O2/c1-6-11(9-5-10(13(18)19)17-16-9)12-7(14)3-2-4-8(12)15-6/h2-5,15H,1H3,(H,16,17)(H,18,19). The molecule has 0 aliphatic rings. The van der Waals surface area contributed by atoms with Crippen molar-refractivity contribution in [2.45, 2.75) is 6.92 Å². The normalized spacial score (nSPS) is 11.1. The molecule has 0 spiro atoms. The lowest BCUT2D eigenvalue weighted by Gasteiger charge is -1.98. The van der Waals surface area contributed by atoms with Crippen molar-refractivity contribution in [3.8, 4) is 11.3 Å². The minimum atomic E-state index is -1.04. The van der Waals surface area contributed by atoms with Crippen molar-refractivity contribution in [3.63, 3.8) is 0 Å². The van der Waals surface area contributed by atoms with Crippen LogP contribution in [0, 0.1) is 6.92 Å². The van der Waals surface area contributed by atoms with Gasteiger partial charge in [0.15, 0.2) is 0 Å². The van der Waals surface area contributed by atoms with Crippen molar-refractivity contribution in [2.24, 2.45) is 0 Å². The molecule has 0 bridgehead atoms. The summed E-state index contributed by atoms with van der Waals surface area (Å²) < 4.78 is 0. The maximum Gasteiger partial charge on any atom is 0.353 e. The molecule has 1 aromatic carbocycles. The van der Waals surface area contributed by atoms with E-state index in [0.717, 1.165) is 22.2 Å². The van der Waals surface area contributed by atoms with E-state index in [9.17, 15) is 4.79 Å². The van der Waals surface area contributed by atoms with Crippen LogP contribution in [-0.2, 0) is 0 Å². The van der Waals surface area contributed by atoms with E-state index in [-0.39, 0.29) is 5.69 Å². The van der Waals surface area contributed by atoms with Crippen molar-refractivity contribution in [1.82, 2.24) is 15.2 Å². The first kappa shape index (κ1) is 11.8. The van der Waals surface area contributed by atoms with Gasteiger partial charge < -0.3 is 10.1 Å². The molecule has 3 N–H and O–H groups in total. The Morgan fingerprint density at radius 2 is 2.21 bits per heavy atom.